The summed E-state index contributed by atoms with van der Waals surface area (Å²) in [6.45, 7) is 5.23. The molecule has 0 saturated carbocycles. The first-order chi connectivity index (χ1) is 11.8. The van der Waals surface area contributed by atoms with E-state index in [1.54, 1.807) is 0 Å². The van der Waals surface area contributed by atoms with Crippen LogP contribution in [-0.2, 0) is 6.54 Å². The molecule has 1 fully saturated rings. The Balaban J connectivity index is 1.54. The maximum Gasteiger partial charge on any atom is 0.110 e. The molecule has 124 valence electrons. The van der Waals surface area contributed by atoms with Gasteiger partial charge in [0.25, 0.3) is 0 Å². The Morgan fingerprint density at radius 3 is 2.88 bits per heavy atom. The van der Waals surface area contributed by atoms with Crippen LogP contribution in [0.1, 0.15) is 35.8 Å². The normalized spacial score (nSPS) is 18.8. The molecule has 1 aliphatic heterocycles. The number of hydrogen-bond acceptors (Lipinski definition) is 3. The average molecular weight is 321 g/mol. The van der Waals surface area contributed by atoms with Crippen molar-refractivity contribution in [2.24, 2.45) is 0 Å². The Bertz CT molecular complexity index is 775. The molecule has 5 nitrogen and oxygen atoms in total. The highest BCUT2D eigenvalue weighted by molar-refractivity contribution is 5.35. The van der Waals surface area contributed by atoms with Crippen molar-refractivity contribution in [3.63, 3.8) is 0 Å². The lowest BCUT2D eigenvalue weighted by atomic mass is 9.93. The number of para-hydroxylation sites is 1. The molecule has 0 aliphatic carbocycles. The van der Waals surface area contributed by atoms with Crippen LogP contribution in [0.5, 0.6) is 0 Å². The molecular weight excluding hydrogens is 298 g/mol. The number of nitrogens with zero attached hydrogens (tertiary/aromatic N) is 4. The standard InChI is InChI=1S/C19H23N5/c1-15-20-12-19(24(15)18-7-3-2-4-8-18)14-23-9-5-6-16(13-23)17-10-21-22-11-17/h2-4,7-8,10-12,16H,5-6,9,13-14H2,1H3,(H,21,22). The highest BCUT2D eigenvalue weighted by atomic mass is 15.2. The van der Waals surface area contributed by atoms with Gasteiger partial charge in [-0.15, -0.1) is 0 Å². The van der Waals surface area contributed by atoms with Gasteiger partial charge in [0, 0.05) is 25.0 Å². The number of aromatic nitrogens is 4. The van der Waals surface area contributed by atoms with Gasteiger partial charge in [-0.05, 0) is 49.9 Å². The second-order valence-electron chi connectivity index (χ2n) is 6.57. The summed E-state index contributed by atoms with van der Waals surface area (Å²) in [5.41, 5.74) is 3.77. The van der Waals surface area contributed by atoms with Crippen molar-refractivity contribution in [1.29, 1.82) is 0 Å². The molecule has 4 rings (SSSR count). The molecule has 3 heterocycles. The molecule has 24 heavy (non-hydrogen) atoms. The van der Waals surface area contributed by atoms with Crippen molar-refractivity contribution in [2.75, 3.05) is 13.1 Å². The molecule has 1 atom stereocenters. The van der Waals surface area contributed by atoms with Gasteiger partial charge in [0.2, 0.25) is 0 Å². The maximum absolute atomic E-state index is 4.55. The third-order valence-corrected chi connectivity index (χ3v) is 4.91. The van der Waals surface area contributed by atoms with Gasteiger partial charge in [0.05, 0.1) is 18.1 Å². The Morgan fingerprint density at radius 1 is 1.21 bits per heavy atom. The van der Waals surface area contributed by atoms with Gasteiger partial charge in [-0.2, -0.15) is 5.10 Å². The van der Waals surface area contributed by atoms with E-state index in [0.717, 1.165) is 25.5 Å². The van der Waals surface area contributed by atoms with Crippen molar-refractivity contribution >= 4 is 0 Å². The largest absolute Gasteiger partial charge is 0.300 e. The van der Waals surface area contributed by atoms with Gasteiger partial charge in [0.15, 0.2) is 0 Å². The van der Waals surface area contributed by atoms with Gasteiger partial charge >= 0.3 is 0 Å². The SMILES string of the molecule is Cc1ncc(CN2CCCC(c3cn[nH]c3)C2)n1-c1ccccc1. The number of nitrogens with one attached hydrogen (secondary N) is 1. The van der Waals surface area contributed by atoms with Gasteiger partial charge in [-0.25, -0.2) is 4.98 Å². The van der Waals surface area contributed by atoms with Crippen molar-refractivity contribution in [1.82, 2.24) is 24.6 Å². The maximum atomic E-state index is 4.55. The molecule has 1 aliphatic rings. The smallest absolute Gasteiger partial charge is 0.110 e. The van der Waals surface area contributed by atoms with Crippen LogP contribution >= 0.6 is 0 Å². The first-order valence-electron chi connectivity index (χ1n) is 8.61. The molecule has 1 unspecified atom stereocenters. The van der Waals surface area contributed by atoms with E-state index in [1.165, 1.54) is 29.8 Å². The van der Waals surface area contributed by atoms with E-state index in [1.807, 2.05) is 18.6 Å². The fraction of sp³-hybridized carbons (Fsp3) is 0.368. The van der Waals surface area contributed by atoms with E-state index in [9.17, 15) is 0 Å². The molecule has 3 aromatic rings. The number of piperidine rings is 1. The molecule has 5 heteroatoms. The van der Waals surface area contributed by atoms with Crippen LogP contribution in [0, 0.1) is 6.92 Å². The zero-order valence-corrected chi connectivity index (χ0v) is 14.0. The van der Waals surface area contributed by atoms with Gasteiger partial charge < -0.3 is 0 Å². The van der Waals surface area contributed by atoms with Crippen LogP contribution in [0.2, 0.25) is 0 Å². The zero-order valence-electron chi connectivity index (χ0n) is 14.0. The molecular formula is C19H23N5. The minimum Gasteiger partial charge on any atom is -0.300 e. The number of benzene rings is 1. The average Bonchev–Trinajstić information content (AvgIpc) is 3.26. The third kappa shape index (κ3) is 2.99. The van der Waals surface area contributed by atoms with E-state index < -0.39 is 0 Å². The number of rotatable bonds is 4. The minimum absolute atomic E-state index is 0.576. The van der Waals surface area contributed by atoms with Gasteiger partial charge in [0.1, 0.15) is 5.82 Å². The minimum atomic E-state index is 0.576. The molecule has 0 amide bonds. The predicted molar refractivity (Wildman–Crippen MR) is 94.1 cm³/mol. The lowest BCUT2D eigenvalue weighted by molar-refractivity contribution is 0.197. The summed E-state index contributed by atoms with van der Waals surface area (Å²) >= 11 is 0. The van der Waals surface area contributed by atoms with E-state index in [2.05, 4.69) is 61.9 Å². The van der Waals surface area contributed by atoms with E-state index in [0.29, 0.717) is 5.92 Å². The van der Waals surface area contributed by atoms with Crippen molar-refractivity contribution in [3.8, 4) is 5.69 Å². The Kier molecular flexibility index (Phi) is 4.17. The summed E-state index contributed by atoms with van der Waals surface area (Å²) in [6.07, 6.45) is 8.49. The second-order valence-corrected chi connectivity index (χ2v) is 6.57. The number of hydrogen-bond donors (Lipinski definition) is 1. The monoisotopic (exact) mass is 321 g/mol. The summed E-state index contributed by atoms with van der Waals surface area (Å²) in [4.78, 5) is 7.09. The number of imidazole rings is 1. The second kappa shape index (κ2) is 6.61. The first kappa shape index (κ1) is 15.1. The fourth-order valence-electron chi connectivity index (χ4n) is 3.72. The highest BCUT2D eigenvalue weighted by Crippen LogP contribution is 2.27. The van der Waals surface area contributed by atoms with Crippen LogP contribution in [-0.4, -0.2) is 37.7 Å². The highest BCUT2D eigenvalue weighted by Gasteiger charge is 2.23. The van der Waals surface area contributed by atoms with Crippen LogP contribution in [0.15, 0.2) is 48.9 Å². The van der Waals surface area contributed by atoms with Gasteiger partial charge in [-0.3, -0.25) is 14.6 Å². The van der Waals surface area contributed by atoms with Gasteiger partial charge in [-0.1, -0.05) is 18.2 Å². The third-order valence-electron chi connectivity index (χ3n) is 4.91. The van der Waals surface area contributed by atoms with Crippen molar-refractivity contribution in [2.45, 2.75) is 32.2 Å². The topological polar surface area (TPSA) is 49.7 Å². The lowest BCUT2D eigenvalue weighted by Crippen LogP contribution is -2.34. The molecule has 1 saturated heterocycles. The van der Waals surface area contributed by atoms with Crippen molar-refractivity contribution in [3.05, 3.63) is 66.0 Å². The van der Waals surface area contributed by atoms with Crippen molar-refractivity contribution < 1.29 is 0 Å². The first-order valence-corrected chi connectivity index (χ1v) is 8.61. The fourth-order valence-corrected chi connectivity index (χ4v) is 3.72. The quantitative estimate of drug-likeness (QED) is 0.802. The van der Waals surface area contributed by atoms with Crippen LogP contribution in [0.3, 0.4) is 0 Å². The Morgan fingerprint density at radius 2 is 2.08 bits per heavy atom. The number of aromatic amines is 1. The number of H-pyrrole nitrogens is 1. The van der Waals surface area contributed by atoms with Crippen LogP contribution < -0.4 is 0 Å². The Labute approximate surface area is 142 Å². The number of aryl methyl sites for hydroxylation is 1. The van der Waals surface area contributed by atoms with Crippen LogP contribution in [0.25, 0.3) is 5.69 Å². The Hall–Kier alpha value is -2.40. The predicted octanol–water partition coefficient (Wildman–Crippen LogP) is 3.28. The number of likely N-dealkylation sites (tertiary alicyclic amines) is 1. The lowest BCUT2D eigenvalue weighted by Gasteiger charge is -2.32. The summed E-state index contributed by atoms with van der Waals surface area (Å²) in [7, 11) is 0. The molecule has 0 spiro atoms. The summed E-state index contributed by atoms with van der Waals surface area (Å²) in [5.74, 6) is 1.62. The molecule has 2 aromatic heterocycles. The summed E-state index contributed by atoms with van der Waals surface area (Å²) < 4.78 is 2.27. The van der Waals surface area contributed by atoms with E-state index in [4.69, 9.17) is 0 Å². The molecule has 0 radical (unpaired) electrons. The van der Waals surface area contributed by atoms with E-state index in [-0.39, 0.29) is 0 Å². The molecule has 0 bridgehead atoms. The van der Waals surface area contributed by atoms with E-state index >= 15 is 0 Å². The molecule has 1 aromatic carbocycles. The summed E-state index contributed by atoms with van der Waals surface area (Å²) in [5, 5.41) is 7.05. The van der Waals surface area contributed by atoms with Crippen LogP contribution in [0.4, 0.5) is 0 Å². The zero-order chi connectivity index (χ0) is 16.4. The molecule has 1 N–H and O–H groups in total. The summed E-state index contributed by atoms with van der Waals surface area (Å²) in [6, 6.07) is 10.5.